The van der Waals surface area contributed by atoms with Gasteiger partial charge in [0, 0.05) is 23.7 Å². The van der Waals surface area contributed by atoms with Crippen LogP contribution < -0.4 is 15.0 Å². The minimum absolute atomic E-state index is 0.115. The Bertz CT molecular complexity index is 1040. The molecule has 10 heteroatoms. The van der Waals surface area contributed by atoms with Gasteiger partial charge in [-0.3, -0.25) is 9.59 Å². The van der Waals surface area contributed by atoms with Crippen LogP contribution in [-0.2, 0) is 9.59 Å². The summed E-state index contributed by atoms with van der Waals surface area (Å²) in [6, 6.07) is 12.1. The van der Waals surface area contributed by atoms with E-state index in [0.717, 1.165) is 5.69 Å². The molecule has 1 unspecified atom stereocenters. The van der Waals surface area contributed by atoms with Crippen LogP contribution in [0, 0.1) is 5.92 Å². The molecular weight excluding hydrogens is 396 g/mol. The number of amides is 2. The van der Waals surface area contributed by atoms with Crippen molar-refractivity contribution in [2.24, 2.45) is 5.92 Å². The summed E-state index contributed by atoms with van der Waals surface area (Å²) in [5.41, 5.74) is 1.95. The molecule has 1 aliphatic rings. The first-order chi connectivity index (χ1) is 14.0. The molecule has 9 nitrogen and oxygen atoms in total. The van der Waals surface area contributed by atoms with Gasteiger partial charge in [0.05, 0.1) is 24.4 Å². The number of nitrogens with zero attached hydrogens (tertiary/aromatic N) is 5. The van der Waals surface area contributed by atoms with Gasteiger partial charge in [0.2, 0.25) is 11.8 Å². The van der Waals surface area contributed by atoms with Crippen LogP contribution in [0.4, 0.5) is 11.4 Å². The maximum absolute atomic E-state index is 12.7. The Hall–Kier alpha value is -3.46. The van der Waals surface area contributed by atoms with Crippen molar-refractivity contribution in [3.8, 4) is 11.4 Å². The van der Waals surface area contributed by atoms with Crippen molar-refractivity contribution < 1.29 is 14.3 Å². The molecule has 1 aromatic heterocycles. The van der Waals surface area contributed by atoms with E-state index in [1.54, 1.807) is 42.5 Å². The van der Waals surface area contributed by atoms with Crippen LogP contribution in [0.25, 0.3) is 5.69 Å². The molecule has 1 saturated heterocycles. The van der Waals surface area contributed by atoms with E-state index in [-0.39, 0.29) is 24.8 Å². The summed E-state index contributed by atoms with van der Waals surface area (Å²) in [6.45, 7) is 0.254. The highest BCUT2D eigenvalue weighted by molar-refractivity contribution is 6.31. The number of ether oxygens (including phenoxy) is 1. The third-order valence-electron chi connectivity index (χ3n) is 4.68. The van der Waals surface area contributed by atoms with E-state index in [2.05, 4.69) is 20.8 Å². The Labute approximate surface area is 171 Å². The summed E-state index contributed by atoms with van der Waals surface area (Å²) < 4.78 is 6.84. The molecule has 1 fully saturated rings. The summed E-state index contributed by atoms with van der Waals surface area (Å²) in [5, 5.41) is 14.3. The lowest BCUT2D eigenvalue weighted by Gasteiger charge is -2.20. The average molecular weight is 413 g/mol. The van der Waals surface area contributed by atoms with Gasteiger partial charge in [-0.25, -0.2) is 4.68 Å². The van der Waals surface area contributed by atoms with Gasteiger partial charge in [-0.2, -0.15) is 0 Å². The quantitative estimate of drug-likeness (QED) is 0.690. The van der Waals surface area contributed by atoms with Crippen LogP contribution in [-0.4, -0.2) is 45.7 Å². The zero-order valence-corrected chi connectivity index (χ0v) is 16.2. The molecule has 1 atom stereocenters. The van der Waals surface area contributed by atoms with Gasteiger partial charge in [0.25, 0.3) is 0 Å². The molecule has 2 aromatic carbocycles. The van der Waals surface area contributed by atoms with E-state index < -0.39 is 5.92 Å². The molecule has 3 aromatic rings. The third-order valence-corrected chi connectivity index (χ3v) is 4.91. The largest absolute Gasteiger partial charge is 0.495 e. The van der Waals surface area contributed by atoms with Gasteiger partial charge >= 0.3 is 0 Å². The Kier molecular flexibility index (Phi) is 5.13. The monoisotopic (exact) mass is 412 g/mol. The summed E-state index contributed by atoms with van der Waals surface area (Å²) in [7, 11) is 1.52. The fourth-order valence-electron chi connectivity index (χ4n) is 3.21. The second-order valence-electron chi connectivity index (χ2n) is 6.51. The Morgan fingerprint density at radius 1 is 1.24 bits per heavy atom. The number of aromatic nitrogens is 4. The molecule has 2 heterocycles. The maximum atomic E-state index is 12.7. The first-order valence-corrected chi connectivity index (χ1v) is 9.21. The van der Waals surface area contributed by atoms with E-state index in [1.165, 1.54) is 23.0 Å². The smallest absolute Gasteiger partial charge is 0.229 e. The molecule has 2 amide bonds. The third kappa shape index (κ3) is 3.90. The van der Waals surface area contributed by atoms with E-state index in [4.69, 9.17) is 16.3 Å². The lowest BCUT2D eigenvalue weighted by Crippen LogP contribution is -2.28. The normalized spacial score (nSPS) is 16.1. The summed E-state index contributed by atoms with van der Waals surface area (Å²) >= 11 is 6.07. The molecule has 0 saturated carbocycles. The predicted molar refractivity (Wildman–Crippen MR) is 106 cm³/mol. The molecule has 148 valence electrons. The SMILES string of the molecule is COc1ccc(Cl)cc1N1CC(C(=O)Nc2ccc(-n3cnnn3)cc2)CC1=O. The lowest BCUT2D eigenvalue weighted by molar-refractivity contribution is -0.122. The van der Waals surface area contributed by atoms with Gasteiger partial charge in [-0.05, 0) is 52.9 Å². The van der Waals surface area contributed by atoms with E-state index in [9.17, 15) is 9.59 Å². The van der Waals surface area contributed by atoms with Gasteiger partial charge in [-0.1, -0.05) is 11.6 Å². The van der Waals surface area contributed by atoms with Crippen molar-refractivity contribution in [2.45, 2.75) is 6.42 Å². The fourth-order valence-corrected chi connectivity index (χ4v) is 3.38. The minimum Gasteiger partial charge on any atom is -0.495 e. The van der Waals surface area contributed by atoms with Gasteiger partial charge < -0.3 is 15.0 Å². The molecule has 0 radical (unpaired) electrons. The summed E-state index contributed by atoms with van der Waals surface area (Å²) in [6.07, 6.45) is 1.60. The number of anilines is 2. The molecule has 0 aliphatic carbocycles. The number of benzene rings is 2. The van der Waals surface area contributed by atoms with Gasteiger partial charge in [-0.15, -0.1) is 5.10 Å². The second-order valence-corrected chi connectivity index (χ2v) is 6.95. The highest BCUT2D eigenvalue weighted by Crippen LogP contribution is 2.35. The number of methoxy groups -OCH3 is 1. The standard InChI is InChI=1S/C19H17ClN6O3/c1-29-17-7-2-13(20)9-16(17)25-10-12(8-18(25)27)19(28)22-14-3-5-15(6-4-14)26-11-21-23-24-26/h2-7,9,11-12H,8,10H2,1H3,(H,22,28). The van der Waals surface area contributed by atoms with Crippen LogP contribution in [0.1, 0.15) is 6.42 Å². The van der Waals surface area contributed by atoms with Gasteiger partial charge in [0.1, 0.15) is 12.1 Å². The van der Waals surface area contributed by atoms with Crippen molar-refractivity contribution in [1.29, 1.82) is 0 Å². The van der Waals surface area contributed by atoms with Crippen LogP contribution in [0.15, 0.2) is 48.8 Å². The molecule has 0 spiro atoms. The number of nitrogens with one attached hydrogen (secondary N) is 1. The zero-order chi connectivity index (χ0) is 20.4. The number of halogens is 1. The molecule has 1 aliphatic heterocycles. The fraction of sp³-hybridized carbons (Fsp3) is 0.211. The Balaban J connectivity index is 1.45. The Morgan fingerprint density at radius 2 is 2.03 bits per heavy atom. The molecule has 29 heavy (non-hydrogen) atoms. The van der Waals surface area contributed by atoms with Crippen LogP contribution in [0.2, 0.25) is 5.02 Å². The molecule has 0 bridgehead atoms. The van der Waals surface area contributed by atoms with Crippen molar-refractivity contribution >= 4 is 34.8 Å². The van der Waals surface area contributed by atoms with Crippen molar-refractivity contribution in [2.75, 3.05) is 23.9 Å². The van der Waals surface area contributed by atoms with Crippen LogP contribution in [0.5, 0.6) is 5.75 Å². The number of carbonyl (C=O) groups excluding carboxylic acids is 2. The van der Waals surface area contributed by atoms with Crippen molar-refractivity contribution in [3.63, 3.8) is 0 Å². The highest BCUT2D eigenvalue weighted by atomic mass is 35.5. The summed E-state index contributed by atoms with van der Waals surface area (Å²) in [4.78, 5) is 26.7. The number of hydrogen-bond donors (Lipinski definition) is 1. The van der Waals surface area contributed by atoms with Crippen molar-refractivity contribution in [1.82, 2.24) is 20.2 Å². The van der Waals surface area contributed by atoms with Crippen LogP contribution >= 0.6 is 11.6 Å². The second kappa shape index (κ2) is 7.88. The zero-order valence-electron chi connectivity index (χ0n) is 15.4. The maximum Gasteiger partial charge on any atom is 0.229 e. The van der Waals surface area contributed by atoms with Crippen LogP contribution in [0.3, 0.4) is 0 Å². The average Bonchev–Trinajstić information content (AvgIpc) is 3.38. The van der Waals surface area contributed by atoms with E-state index >= 15 is 0 Å². The predicted octanol–water partition coefficient (Wildman–Crippen LogP) is 2.32. The highest BCUT2D eigenvalue weighted by Gasteiger charge is 2.36. The number of carbonyl (C=O) groups is 2. The first-order valence-electron chi connectivity index (χ1n) is 8.83. The van der Waals surface area contributed by atoms with E-state index in [1.807, 2.05) is 0 Å². The van der Waals surface area contributed by atoms with Gasteiger partial charge in [0.15, 0.2) is 0 Å². The lowest BCUT2D eigenvalue weighted by atomic mass is 10.1. The molecular formula is C19H17ClN6O3. The molecule has 1 N–H and O–H groups in total. The number of rotatable bonds is 5. The molecule has 4 rings (SSSR count). The van der Waals surface area contributed by atoms with E-state index in [0.29, 0.717) is 22.1 Å². The first kappa shape index (κ1) is 18.9. The number of tetrazole rings is 1. The number of hydrogen-bond acceptors (Lipinski definition) is 6. The Morgan fingerprint density at radius 3 is 2.72 bits per heavy atom. The minimum atomic E-state index is -0.481. The van der Waals surface area contributed by atoms with Crippen molar-refractivity contribution in [3.05, 3.63) is 53.8 Å². The summed E-state index contributed by atoms with van der Waals surface area (Å²) in [5.74, 6) is -0.329. The topological polar surface area (TPSA) is 102 Å².